The predicted molar refractivity (Wildman–Crippen MR) is 127 cm³/mol. The van der Waals surface area contributed by atoms with Crippen molar-refractivity contribution in [2.75, 3.05) is 16.4 Å². The number of anilines is 3. The Morgan fingerprint density at radius 3 is 1.50 bits per heavy atom. The number of nitrogens with zero attached hydrogens (tertiary/aromatic N) is 1. The number of carbonyl (C=O) groups excluding carboxylic acids is 1. The number of Topliss-reactive ketones (excluding diaryl/α,β-unsaturated/α-hetero) is 1. The molecular weight excluding hydrogens is 380 g/mol. The number of benzene rings is 2. The molecule has 0 amide bonds. The van der Waals surface area contributed by atoms with E-state index in [9.17, 15) is 14.9 Å². The number of nitrogen functional groups attached to an aromatic ring is 1. The molecule has 0 aromatic heterocycles. The number of nitrogens with two attached hydrogens (primary N) is 1. The van der Waals surface area contributed by atoms with Gasteiger partial charge in [-0.15, -0.1) is 0 Å². The molecule has 0 aliphatic carbocycles. The minimum absolute atomic E-state index is 0.0641. The monoisotopic (exact) mass is 416 g/mol. The van der Waals surface area contributed by atoms with Gasteiger partial charge >= 0.3 is 0 Å². The molecule has 0 saturated heterocycles. The quantitative estimate of drug-likeness (QED) is 0.295. The van der Waals surface area contributed by atoms with Crippen molar-refractivity contribution in [3.05, 3.63) is 58.6 Å². The Bertz CT molecular complexity index is 711. The van der Waals surface area contributed by atoms with E-state index >= 15 is 0 Å². The first-order chi connectivity index (χ1) is 14.1. The van der Waals surface area contributed by atoms with Crippen molar-refractivity contribution in [2.24, 2.45) is 0 Å². The van der Waals surface area contributed by atoms with Gasteiger partial charge in [0.15, 0.2) is 0 Å². The molecule has 0 spiro atoms. The fraction of sp³-hybridized carbons (Fsp3) is 0.435. The lowest BCUT2D eigenvalue weighted by Crippen LogP contribution is -2.14. The summed E-state index contributed by atoms with van der Waals surface area (Å²) < 4.78 is 0. The first kappa shape index (κ1) is 26.9. The molecular formula is C23H36N4O3. The second-order valence-electron chi connectivity index (χ2n) is 7.24. The molecule has 2 unspecified atom stereocenters. The van der Waals surface area contributed by atoms with E-state index in [1.54, 1.807) is 0 Å². The molecule has 2 aromatic carbocycles. The number of nitro groups is 1. The molecule has 0 radical (unpaired) electrons. The zero-order valence-electron chi connectivity index (χ0n) is 18.9. The average molecular weight is 417 g/mol. The van der Waals surface area contributed by atoms with Crippen LogP contribution < -0.4 is 16.4 Å². The molecule has 0 heterocycles. The van der Waals surface area contributed by atoms with E-state index in [0.717, 1.165) is 12.8 Å². The van der Waals surface area contributed by atoms with E-state index in [1.165, 1.54) is 49.5 Å². The lowest BCUT2D eigenvalue weighted by Gasteiger charge is -2.15. The summed E-state index contributed by atoms with van der Waals surface area (Å²) in [5, 5.41) is 17.0. The maximum atomic E-state index is 10.1. The third-order valence-corrected chi connectivity index (χ3v) is 4.04. The zero-order valence-corrected chi connectivity index (χ0v) is 18.9. The summed E-state index contributed by atoms with van der Waals surface area (Å²) in [5.74, 6) is 0.167. The van der Waals surface area contributed by atoms with Crippen molar-refractivity contribution in [3.8, 4) is 0 Å². The van der Waals surface area contributed by atoms with Gasteiger partial charge in [-0.3, -0.25) is 10.1 Å². The second kappa shape index (κ2) is 14.8. The van der Waals surface area contributed by atoms with Crippen LogP contribution in [-0.2, 0) is 4.79 Å². The number of nitro benzene ring substituents is 1. The van der Waals surface area contributed by atoms with Gasteiger partial charge in [0.1, 0.15) is 5.78 Å². The molecule has 0 fully saturated rings. The average Bonchev–Trinajstić information content (AvgIpc) is 2.69. The van der Waals surface area contributed by atoms with Crippen LogP contribution in [0, 0.1) is 10.1 Å². The number of rotatable bonds is 7. The van der Waals surface area contributed by atoms with Gasteiger partial charge in [0.05, 0.1) is 4.92 Å². The van der Waals surface area contributed by atoms with Crippen molar-refractivity contribution in [2.45, 2.75) is 66.5 Å². The lowest BCUT2D eigenvalue weighted by molar-refractivity contribution is -0.384. The number of nitrogens with one attached hydrogen (secondary N) is 2. The van der Waals surface area contributed by atoms with Gasteiger partial charge in [0.25, 0.3) is 5.69 Å². The van der Waals surface area contributed by atoms with Gasteiger partial charge in [-0.1, -0.05) is 13.8 Å². The maximum Gasteiger partial charge on any atom is 0.269 e. The van der Waals surface area contributed by atoms with Crippen LogP contribution in [0.1, 0.15) is 54.4 Å². The first-order valence-corrected chi connectivity index (χ1v) is 10.2. The van der Waals surface area contributed by atoms with Crippen LogP contribution in [0.25, 0.3) is 0 Å². The second-order valence-corrected chi connectivity index (χ2v) is 7.24. The SMILES string of the molecule is CC(C)=O.CCC(C)Nc1ccc(NC(C)CC)cc1.Nc1ccc([N+](=O)[O-])cc1. The summed E-state index contributed by atoms with van der Waals surface area (Å²) in [4.78, 5) is 19.1. The molecule has 2 atom stereocenters. The summed E-state index contributed by atoms with van der Waals surface area (Å²) >= 11 is 0. The van der Waals surface area contributed by atoms with Gasteiger partial charge in [-0.05, 0) is 76.9 Å². The van der Waals surface area contributed by atoms with E-state index in [0.29, 0.717) is 17.8 Å². The van der Waals surface area contributed by atoms with Crippen LogP contribution in [0.3, 0.4) is 0 Å². The van der Waals surface area contributed by atoms with Gasteiger partial charge < -0.3 is 21.2 Å². The highest BCUT2D eigenvalue weighted by atomic mass is 16.6. The maximum absolute atomic E-state index is 10.1. The summed E-state index contributed by atoms with van der Waals surface area (Å²) in [7, 11) is 0. The van der Waals surface area contributed by atoms with Gasteiger partial charge in [0.2, 0.25) is 0 Å². The molecule has 0 bridgehead atoms. The summed E-state index contributed by atoms with van der Waals surface area (Å²) in [6.45, 7) is 11.8. The fourth-order valence-electron chi connectivity index (χ4n) is 2.03. The van der Waals surface area contributed by atoms with Crippen molar-refractivity contribution in [1.82, 2.24) is 0 Å². The van der Waals surface area contributed by atoms with Gasteiger partial charge in [-0.25, -0.2) is 0 Å². The summed E-state index contributed by atoms with van der Waals surface area (Å²) in [6.07, 6.45) is 2.29. The third kappa shape index (κ3) is 13.1. The van der Waals surface area contributed by atoms with Crippen molar-refractivity contribution >= 4 is 28.5 Å². The number of hydrogen-bond donors (Lipinski definition) is 3. The summed E-state index contributed by atoms with van der Waals surface area (Å²) in [5.41, 5.74) is 8.30. The molecule has 30 heavy (non-hydrogen) atoms. The molecule has 0 aliphatic heterocycles. The Kier molecular flexibility index (Phi) is 13.3. The van der Waals surface area contributed by atoms with Crippen molar-refractivity contribution < 1.29 is 9.72 Å². The highest BCUT2D eigenvalue weighted by molar-refractivity contribution is 5.72. The molecule has 0 saturated carbocycles. The van der Waals surface area contributed by atoms with Crippen LogP contribution in [0.5, 0.6) is 0 Å². The largest absolute Gasteiger partial charge is 0.399 e. The van der Waals surface area contributed by atoms with Crippen LogP contribution in [-0.4, -0.2) is 22.8 Å². The molecule has 0 aliphatic rings. The van der Waals surface area contributed by atoms with E-state index in [1.807, 2.05) is 0 Å². The Balaban J connectivity index is 0.000000510. The summed E-state index contributed by atoms with van der Waals surface area (Å²) in [6, 6.07) is 15.4. The minimum atomic E-state index is -0.459. The molecule has 4 N–H and O–H groups in total. The highest BCUT2D eigenvalue weighted by Gasteiger charge is 2.01. The normalized spacial score (nSPS) is 11.5. The van der Waals surface area contributed by atoms with E-state index in [4.69, 9.17) is 5.73 Å². The number of carbonyl (C=O) groups is 1. The van der Waals surface area contributed by atoms with Crippen molar-refractivity contribution in [3.63, 3.8) is 0 Å². The first-order valence-electron chi connectivity index (χ1n) is 10.2. The Labute approximate surface area is 180 Å². The minimum Gasteiger partial charge on any atom is -0.399 e. The van der Waals surface area contributed by atoms with Crippen LogP contribution >= 0.6 is 0 Å². The fourth-order valence-corrected chi connectivity index (χ4v) is 2.03. The number of hydrogen-bond acceptors (Lipinski definition) is 6. The predicted octanol–water partition coefficient (Wildman–Crippen LogP) is 5.88. The smallest absolute Gasteiger partial charge is 0.269 e. The molecule has 7 nitrogen and oxygen atoms in total. The van der Waals surface area contributed by atoms with E-state index in [2.05, 4.69) is 62.6 Å². The third-order valence-electron chi connectivity index (χ3n) is 4.04. The topological polar surface area (TPSA) is 110 Å². The lowest BCUT2D eigenvalue weighted by atomic mass is 10.2. The van der Waals surface area contributed by atoms with Gasteiger partial charge in [0, 0.05) is 41.3 Å². The molecule has 2 rings (SSSR count). The van der Waals surface area contributed by atoms with Crippen LogP contribution in [0.2, 0.25) is 0 Å². The van der Waals surface area contributed by atoms with Crippen LogP contribution in [0.4, 0.5) is 22.7 Å². The molecule has 7 heteroatoms. The number of non-ortho nitro benzene ring substituents is 1. The molecule has 2 aromatic rings. The Morgan fingerprint density at radius 1 is 0.900 bits per heavy atom. The zero-order chi connectivity index (χ0) is 23.1. The van der Waals surface area contributed by atoms with E-state index in [-0.39, 0.29) is 11.5 Å². The molecule has 166 valence electrons. The standard InChI is InChI=1S/C14H24N2.C6H6N2O2.C3H6O/c1-5-11(3)15-13-7-9-14(10-8-13)16-12(4)6-2;7-5-1-3-6(4-2-5)8(9)10;1-3(2)4/h7-12,15-16H,5-6H2,1-4H3;1-4H,7H2;1-2H3. The Morgan fingerprint density at radius 2 is 1.23 bits per heavy atom. The highest BCUT2D eigenvalue weighted by Crippen LogP contribution is 2.16. The Hall–Kier alpha value is -3.09. The van der Waals surface area contributed by atoms with Gasteiger partial charge in [-0.2, -0.15) is 0 Å². The van der Waals surface area contributed by atoms with Crippen molar-refractivity contribution in [1.29, 1.82) is 0 Å². The number of ketones is 1. The van der Waals surface area contributed by atoms with Crippen LogP contribution in [0.15, 0.2) is 48.5 Å². The van der Waals surface area contributed by atoms with E-state index < -0.39 is 4.92 Å².